The van der Waals surface area contributed by atoms with Crippen LogP contribution in [0.5, 0.6) is 0 Å². The number of terminal acetylenes is 1. The highest BCUT2D eigenvalue weighted by Gasteiger charge is 2.05. The van der Waals surface area contributed by atoms with Crippen molar-refractivity contribution in [3.05, 3.63) is 23.9 Å². The minimum absolute atomic E-state index is 0.177. The summed E-state index contributed by atoms with van der Waals surface area (Å²) in [5.74, 6) is 2.91. The monoisotopic (exact) mass is 177 g/mol. The maximum atomic E-state index is 5.37. The van der Waals surface area contributed by atoms with E-state index in [9.17, 15) is 0 Å². The summed E-state index contributed by atoms with van der Waals surface area (Å²) in [5.41, 5.74) is 1.17. The van der Waals surface area contributed by atoms with Gasteiger partial charge in [0, 0.05) is 19.8 Å². The second-order valence-corrected chi connectivity index (χ2v) is 3.21. The first-order chi connectivity index (χ1) is 6.13. The third-order valence-corrected chi connectivity index (χ3v) is 1.85. The molecule has 0 radical (unpaired) electrons. The van der Waals surface area contributed by atoms with Crippen LogP contribution in [-0.2, 0) is 0 Å². The van der Waals surface area contributed by atoms with E-state index in [4.69, 9.17) is 6.42 Å². The maximum absolute atomic E-state index is 5.37. The lowest BCUT2D eigenvalue weighted by Gasteiger charge is -2.19. The van der Waals surface area contributed by atoms with E-state index >= 15 is 0 Å². The summed E-state index contributed by atoms with van der Waals surface area (Å²) in [4.78, 5) is 2.06. The minimum Gasteiger partial charge on any atom is -0.380 e. The van der Waals surface area contributed by atoms with Crippen molar-refractivity contribution in [1.82, 2.24) is 4.90 Å². The van der Waals surface area contributed by atoms with Gasteiger partial charge in [-0.25, -0.2) is 0 Å². The smallest absolute Gasteiger partial charge is 0.0570 e. The van der Waals surface area contributed by atoms with Crippen molar-refractivity contribution >= 4 is 0 Å². The average Bonchev–Trinajstić information content (AvgIpc) is 2.11. The molecule has 0 saturated carbocycles. The van der Waals surface area contributed by atoms with Crippen LogP contribution in [0, 0.1) is 18.3 Å². The number of hydrogen-bond donors (Lipinski definition) is 0. The summed E-state index contributed by atoms with van der Waals surface area (Å²) in [6, 6.07) is 0. The SMILES string of the molecule is C#CC(C)/C(=C\C=C\CC)N(C)C. The molecule has 1 unspecified atom stereocenters. The van der Waals surface area contributed by atoms with Crippen molar-refractivity contribution in [1.29, 1.82) is 0 Å². The van der Waals surface area contributed by atoms with Crippen molar-refractivity contribution in [2.75, 3.05) is 14.1 Å². The van der Waals surface area contributed by atoms with E-state index in [1.54, 1.807) is 0 Å². The van der Waals surface area contributed by atoms with Gasteiger partial charge < -0.3 is 4.90 Å². The van der Waals surface area contributed by atoms with Crippen molar-refractivity contribution < 1.29 is 0 Å². The summed E-state index contributed by atoms with van der Waals surface area (Å²) in [6.45, 7) is 4.15. The van der Waals surface area contributed by atoms with Crippen LogP contribution < -0.4 is 0 Å². The van der Waals surface area contributed by atoms with Gasteiger partial charge in [0.15, 0.2) is 0 Å². The van der Waals surface area contributed by atoms with Gasteiger partial charge in [-0.05, 0) is 19.4 Å². The zero-order valence-electron chi connectivity index (χ0n) is 9.04. The second-order valence-electron chi connectivity index (χ2n) is 3.21. The first-order valence-corrected chi connectivity index (χ1v) is 4.63. The standard InChI is InChI=1S/C12H19N/c1-6-8-9-10-12(13(4)5)11(3)7-2/h2,8-11H,6H2,1,3-5H3/b9-8+,12-10+. The molecule has 0 amide bonds. The molecule has 0 saturated heterocycles. The number of nitrogens with zero attached hydrogens (tertiary/aromatic N) is 1. The molecular weight excluding hydrogens is 158 g/mol. The predicted molar refractivity (Wildman–Crippen MR) is 59.2 cm³/mol. The first kappa shape index (κ1) is 11.8. The van der Waals surface area contributed by atoms with Gasteiger partial charge in [0.25, 0.3) is 0 Å². The molecule has 1 atom stereocenters. The first-order valence-electron chi connectivity index (χ1n) is 4.63. The predicted octanol–water partition coefficient (Wildman–Crippen LogP) is 2.67. The zero-order chi connectivity index (χ0) is 10.3. The lowest BCUT2D eigenvalue weighted by Crippen LogP contribution is -2.16. The second kappa shape index (κ2) is 6.37. The van der Waals surface area contributed by atoms with E-state index in [2.05, 4.69) is 36.0 Å². The Morgan fingerprint density at radius 1 is 1.54 bits per heavy atom. The van der Waals surface area contributed by atoms with Crippen molar-refractivity contribution in [3.63, 3.8) is 0 Å². The van der Waals surface area contributed by atoms with Crippen LogP contribution in [0.4, 0.5) is 0 Å². The molecule has 0 aromatic rings. The van der Waals surface area contributed by atoms with E-state index in [0.717, 1.165) is 6.42 Å². The highest BCUT2D eigenvalue weighted by Crippen LogP contribution is 2.11. The molecule has 0 aliphatic rings. The summed E-state index contributed by atoms with van der Waals surface area (Å²) >= 11 is 0. The van der Waals surface area contributed by atoms with Gasteiger partial charge in [0.05, 0.1) is 5.92 Å². The van der Waals surface area contributed by atoms with Gasteiger partial charge in [-0.15, -0.1) is 6.42 Å². The van der Waals surface area contributed by atoms with E-state index in [0.29, 0.717) is 0 Å². The van der Waals surface area contributed by atoms with Crippen molar-refractivity contribution in [2.24, 2.45) is 5.92 Å². The molecule has 13 heavy (non-hydrogen) atoms. The molecule has 0 aliphatic heterocycles. The Morgan fingerprint density at radius 2 is 2.15 bits per heavy atom. The Labute approximate surface area is 82.1 Å². The van der Waals surface area contributed by atoms with Gasteiger partial charge in [-0.3, -0.25) is 0 Å². The number of allylic oxidation sites excluding steroid dienone is 4. The van der Waals surface area contributed by atoms with Gasteiger partial charge in [-0.1, -0.05) is 25.0 Å². The van der Waals surface area contributed by atoms with Crippen LogP contribution in [0.15, 0.2) is 23.9 Å². The molecule has 0 aliphatic carbocycles. The average molecular weight is 177 g/mol. The topological polar surface area (TPSA) is 3.24 Å². The van der Waals surface area contributed by atoms with Crippen LogP contribution in [0.1, 0.15) is 20.3 Å². The van der Waals surface area contributed by atoms with Crippen molar-refractivity contribution in [2.45, 2.75) is 20.3 Å². The van der Waals surface area contributed by atoms with E-state index in [1.807, 2.05) is 21.0 Å². The summed E-state index contributed by atoms with van der Waals surface area (Å²) in [7, 11) is 4.03. The molecule has 1 heteroatoms. The molecule has 72 valence electrons. The van der Waals surface area contributed by atoms with E-state index in [1.165, 1.54) is 5.70 Å². The Kier molecular flexibility index (Phi) is 5.80. The fraction of sp³-hybridized carbons (Fsp3) is 0.500. The highest BCUT2D eigenvalue weighted by molar-refractivity contribution is 5.19. The Balaban J connectivity index is 4.52. The molecule has 0 aromatic heterocycles. The molecular formula is C12H19N. The highest BCUT2D eigenvalue weighted by atomic mass is 15.1. The third kappa shape index (κ3) is 4.42. The molecule has 0 fully saturated rings. The minimum atomic E-state index is 0.177. The largest absolute Gasteiger partial charge is 0.380 e. The fourth-order valence-electron chi connectivity index (χ4n) is 1.07. The fourth-order valence-corrected chi connectivity index (χ4v) is 1.07. The van der Waals surface area contributed by atoms with Crippen LogP contribution in [0.3, 0.4) is 0 Å². The van der Waals surface area contributed by atoms with Crippen LogP contribution in [0.2, 0.25) is 0 Å². The maximum Gasteiger partial charge on any atom is 0.0570 e. The molecule has 0 heterocycles. The third-order valence-electron chi connectivity index (χ3n) is 1.85. The summed E-state index contributed by atoms with van der Waals surface area (Å²) < 4.78 is 0. The number of hydrogen-bond acceptors (Lipinski definition) is 1. The molecule has 1 nitrogen and oxygen atoms in total. The molecule has 0 rings (SSSR count). The molecule has 0 N–H and O–H groups in total. The van der Waals surface area contributed by atoms with Crippen molar-refractivity contribution in [3.8, 4) is 12.3 Å². The van der Waals surface area contributed by atoms with Crippen LogP contribution in [-0.4, -0.2) is 19.0 Å². The number of rotatable bonds is 4. The Morgan fingerprint density at radius 3 is 2.54 bits per heavy atom. The van der Waals surface area contributed by atoms with Crippen LogP contribution >= 0.6 is 0 Å². The van der Waals surface area contributed by atoms with Gasteiger partial charge >= 0.3 is 0 Å². The molecule has 0 bridgehead atoms. The Bertz CT molecular complexity index is 228. The Hall–Kier alpha value is -1.16. The molecule has 0 aromatic carbocycles. The zero-order valence-corrected chi connectivity index (χ0v) is 9.04. The molecule has 0 spiro atoms. The van der Waals surface area contributed by atoms with E-state index in [-0.39, 0.29) is 5.92 Å². The lowest BCUT2D eigenvalue weighted by atomic mass is 10.1. The van der Waals surface area contributed by atoms with Crippen LogP contribution in [0.25, 0.3) is 0 Å². The van der Waals surface area contributed by atoms with Gasteiger partial charge in [-0.2, -0.15) is 0 Å². The normalized spacial score (nSPS) is 14.2. The van der Waals surface area contributed by atoms with Gasteiger partial charge in [0.1, 0.15) is 0 Å². The summed E-state index contributed by atoms with van der Waals surface area (Å²) in [6.07, 6.45) is 12.7. The lowest BCUT2D eigenvalue weighted by molar-refractivity contribution is 0.468. The van der Waals surface area contributed by atoms with Gasteiger partial charge in [0.2, 0.25) is 0 Å². The summed E-state index contributed by atoms with van der Waals surface area (Å²) in [5, 5.41) is 0. The quantitative estimate of drug-likeness (QED) is 0.471. The van der Waals surface area contributed by atoms with E-state index < -0.39 is 0 Å².